The number of aliphatic hydroxyl groups excluding tert-OH is 1. The molecular formula is C6H9BO4S. The first-order chi connectivity index (χ1) is 5.84. The first kappa shape index (κ1) is 9.69. The number of hydrogen-bond donors (Lipinski definition) is 2. The highest BCUT2D eigenvalue weighted by Gasteiger charge is 2.17. The van der Waals surface area contributed by atoms with E-state index in [1.165, 1.54) is 11.3 Å². The Labute approximate surface area is 74.4 Å². The summed E-state index contributed by atoms with van der Waals surface area (Å²) in [7, 11) is -1.07. The topological polar surface area (TPSA) is 58.9 Å². The van der Waals surface area contributed by atoms with Crippen LogP contribution in [0.15, 0.2) is 16.8 Å². The summed E-state index contributed by atoms with van der Waals surface area (Å²) in [5, 5.41) is 21.1. The molecule has 0 aromatic carbocycles. The summed E-state index contributed by atoms with van der Waals surface area (Å²) in [4.78, 5) is 9.00. The van der Waals surface area contributed by atoms with Crippen LogP contribution in [-0.2, 0) is 9.69 Å². The van der Waals surface area contributed by atoms with E-state index in [0.29, 0.717) is 5.46 Å². The third kappa shape index (κ3) is 2.92. The van der Waals surface area contributed by atoms with Gasteiger partial charge in [0.05, 0.1) is 6.61 Å². The van der Waals surface area contributed by atoms with Crippen molar-refractivity contribution < 1.29 is 19.8 Å². The molecule has 0 spiro atoms. The fourth-order valence-electron chi connectivity index (χ4n) is 0.621. The summed E-state index contributed by atoms with van der Waals surface area (Å²) in [5.41, 5.74) is 0.651. The zero-order valence-corrected chi connectivity index (χ0v) is 7.16. The molecule has 0 saturated heterocycles. The van der Waals surface area contributed by atoms with E-state index in [9.17, 15) is 5.02 Å². The van der Waals surface area contributed by atoms with Gasteiger partial charge in [-0.25, -0.2) is 4.89 Å². The van der Waals surface area contributed by atoms with Crippen LogP contribution >= 0.6 is 11.3 Å². The van der Waals surface area contributed by atoms with Crippen LogP contribution in [0, 0.1) is 0 Å². The maximum atomic E-state index is 9.21. The van der Waals surface area contributed by atoms with E-state index in [1.807, 2.05) is 5.38 Å². The molecular weight excluding hydrogens is 179 g/mol. The fraction of sp³-hybridized carbons (Fsp3) is 0.333. The normalized spacial score (nSPS) is 10.2. The van der Waals surface area contributed by atoms with Gasteiger partial charge in [-0.1, -0.05) is 6.07 Å². The molecule has 0 aliphatic heterocycles. The van der Waals surface area contributed by atoms with Gasteiger partial charge in [0.15, 0.2) is 0 Å². The van der Waals surface area contributed by atoms with Crippen LogP contribution in [0.5, 0.6) is 0 Å². The molecule has 0 atom stereocenters. The predicted molar refractivity (Wildman–Crippen MR) is 46.0 cm³/mol. The molecule has 66 valence electrons. The van der Waals surface area contributed by atoms with Gasteiger partial charge in [0.25, 0.3) is 0 Å². The molecule has 0 aliphatic carbocycles. The van der Waals surface area contributed by atoms with Crippen molar-refractivity contribution >= 4 is 23.9 Å². The van der Waals surface area contributed by atoms with Gasteiger partial charge in [-0.05, 0) is 16.2 Å². The van der Waals surface area contributed by atoms with Gasteiger partial charge in [-0.15, -0.1) is 0 Å². The Morgan fingerprint density at radius 2 is 2.42 bits per heavy atom. The SMILES string of the molecule is OCCOOB(O)c1ccsc1. The van der Waals surface area contributed by atoms with Crippen molar-refractivity contribution in [3.8, 4) is 0 Å². The van der Waals surface area contributed by atoms with Gasteiger partial charge in [-0.2, -0.15) is 11.3 Å². The number of hydrogen-bond acceptors (Lipinski definition) is 5. The molecule has 1 aromatic heterocycles. The smallest absolute Gasteiger partial charge is 0.422 e. The monoisotopic (exact) mass is 188 g/mol. The standard InChI is InChI=1S/C6H9BO4S/c8-2-3-10-11-7(9)6-1-4-12-5-6/h1,4-5,8-9H,2-3H2. The highest BCUT2D eigenvalue weighted by molar-refractivity contribution is 7.09. The minimum absolute atomic E-state index is 0.0567. The van der Waals surface area contributed by atoms with Gasteiger partial charge < -0.3 is 10.1 Å². The van der Waals surface area contributed by atoms with Gasteiger partial charge in [0.1, 0.15) is 6.61 Å². The van der Waals surface area contributed by atoms with Gasteiger partial charge in [-0.3, -0.25) is 4.81 Å². The van der Waals surface area contributed by atoms with Gasteiger partial charge >= 0.3 is 7.12 Å². The second kappa shape index (κ2) is 5.29. The average molecular weight is 188 g/mol. The van der Waals surface area contributed by atoms with Crippen LogP contribution in [0.3, 0.4) is 0 Å². The van der Waals surface area contributed by atoms with Crippen molar-refractivity contribution in [2.75, 3.05) is 13.2 Å². The molecule has 0 bridgehead atoms. The lowest BCUT2D eigenvalue weighted by Crippen LogP contribution is -2.32. The molecule has 1 heterocycles. The molecule has 0 amide bonds. The second-order valence-electron chi connectivity index (χ2n) is 2.05. The second-order valence-corrected chi connectivity index (χ2v) is 2.83. The van der Waals surface area contributed by atoms with Crippen LogP contribution < -0.4 is 5.46 Å². The van der Waals surface area contributed by atoms with E-state index in [1.54, 1.807) is 11.4 Å². The third-order valence-electron chi connectivity index (χ3n) is 1.16. The number of thiophene rings is 1. The van der Waals surface area contributed by atoms with Crippen molar-refractivity contribution in [1.29, 1.82) is 0 Å². The molecule has 4 nitrogen and oxygen atoms in total. The van der Waals surface area contributed by atoms with Crippen LogP contribution in [0.2, 0.25) is 0 Å². The zero-order valence-electron chi connectivity index (χ0n) is 6.34. The lowest BCUT2D eigenvalue weighted by atomic mass is 9.83. The minimum Gasteiger partial charge on any atom is -0.422 e. The largest absolute Gasteiger partial charge is 0.523 e. The van der Waals surface area contributed by atoms with Gasteiger partial charge in [0.2, 0.25) is 0 Å². The summed E-state index contributed by atoms with van der Waals surface area (Å²) in [6, 6.07) is 1.73. The number of aliphatic hydroxyl groups is 1. The van der Waals surface area contributed by atoms with Crippen molar-refractivity contribution in [3.63, 3.8) is 0 Å². The van der Waals surface area contributed by atoms with Crippen LogP contribution in [0.4, 0.5) is 0 Å². The lowest BCUT2D eigenvalue weighted by molar-refractivity contribution is -0.225. The predicted octanol–water partition coefficient (Wildman–Crippen LogP) is -0.624. The Bertz CT molecular complexity index is 203. The molecule has 0 radical (unpaired) electrons. The van der Waals surface area contributed by atoms with Crippen LogP contribution in [0.1, 0.15) is 0 Å². The molecule has 0 unspecified atom stereocenters. The summed E-state index contributed by atoms with van der Waals surface area (Å²) in [6.45, 7) is -0.0719. The van der Waals surface area contributed by atoms with Crippen LogP contribution in [-0.4, -0.2) is 30.5 Å². The molecule has 1 aromatic rings. The summed E-state index contributed by atoms with van der Waals surface area (Å²) in [6.07, 6.45) is 0. The maximum absolute atomic E-state index is 9.21. The summed E-state index contributed by atoms with van der Waals surface area (Å²) >= 11 is 1.46. The summed E-state index contributed by atoms with van der Waals surface area (Å²) in [5.74, 6) is 0. The Hall–Kier alpha value is -0.395. The van der Waals surface area contributed by atoms with Crippen molar-refractivity contribution in [3.05, 3.63) is 16.8 Å². The molecule has 12 heavy (non-hydrogen) atoms. The summed E-state index contributed by atoms with van der Waals surface area (Å²) < 4.78 is 0. The fourth-order valence-corrected chi connectivity index (χ4v) is 1.29. The Morgan fingerprint density at radius 3 is 3.00 bits per heavy atom. The maximum Gasteiger partial charge on any atom is 0.523 e. The first-order valence-electron chi connectivity index (χ1n) is 3.44. The number of rotatable bonds is 5. The van der Waals surface area contributed by atoms with Gasteiger partial charge in [0, 0.05) is 0 Å². The molecule has 6 heteroatoms. The van der Waals surface area contributed by atoms with E-state index < -0.39 is 7.12 Å². The van der Waals surface area contributed by atoms with Crippen molar-refractivity contribution in [2.45, 2.75) is 0 Å². The molecule has 0 fully saturated rings. The van der Waals surface area contributed by atoms with E-state index in [4.69, 9.17) is 5.11 Å². The van der Waals surface area contributed by atoms with E-state index >= 15 is 0 Å². The molecule has 0 aliphatic rings. The van der Waals surface area contributed by atoms with Crippen molar-refractivity contribution in [1.82, 2.24) is 0 Å². The average Bonchev–Trinajstić information content (AvgIpc) is 2.56. The Balaban J connectivity index is 2.25. The highest BCUT2D eigenvalue weighted by atomic mass is 32.1. The first-order valence-corrected chi connectivity index (χ1v) is 4.38. The van der Waals surface area contributed by atoms with Crippen molar-refractivity contribution in [2.24, 2.45) is 0 Å². The minimum atomic E-state index is -1.07. The molecule has 0 saturated carbocycles. The lowest BCUT2D eigenvalue weighted by Gasteiger charge is -2.03. The molecule has 2 N–H and O–H groups in total. The van der Waals surface area contributed by atoms with Crippen LogP contribution in [0.25, 0.3) is 0 Å². The van der Waals surface area contributed by atoms with E-state index in [0.717, 1.165) is 0 Å². The van der Waals surface area contributed by atoms with E-state index in [-0.39, 0.29) is 13.2 Å². The Kier molecular flexibility index (Phi) is 4.27. The Morgan fingerprint density at radius 1 is 1.58 bits per heavy atom. The highest BCUT2D eigenvalue weighted by Crippen LogP contribution is 1.95. The molecule has 1 rings (SSSR count). The van der Waals surface area contributed by atoms with E-state index in [2.05, 4.69) is 9.69 Å². The third-order valence-corrected chi connectivity index (χ3v) is 1.86. The quantitative estimate of drug-likeness (QED) is 0.279. The zero-order chi connectivity index (χ0) is 8.81.